The van der Waals surface area contributed by atoms with Crippen LogP contribution in [-0.2, 0) is 9.59 Å². The van der Waals surface area contributed by atoms with Crippen molar-refractivity contribution in [3.63, 3.8) is 0 Å². The minimum atomic E-state index is -0.917. The fourth-order valence-electron chi connectivity index (χ4n) is 4.40. The van der Waals surface area contributed by atoms with E-state index in [0.29, 0.717) is 12.3 Å². The van der Waals surface area contributed by atoms with E-state index in [4.69, 9.17) is 5.11 Å². The average molecular weight is 224 g/mol. The van der Waals surface area contributed by atoms with Gasteiger partial charge in [0, 0.05) is 0 Å². The van der Waals surface area contributed by atoms with Gasteiger partial charge >= 0.3 is 11.9 Å². The quantitative estimate of drug-likeness (QED) is 0.747. The lowest BCUT2D eigenvalue weighted by Gasteiger charge is -2.38. The molecular formula is C12H16O4. The highest BCUT2D eigenvalue weighted by Crippen LogP contribution is 2.71. The fraction of sp³-hybridized carbons (Fsp3) is 0.833. The molecule has 0 amide bonds. The lowest BCUT2D eigenvalue weighted by atomic mass is 9.64. The third kappa shape index (κ3) is 1.10. The van der Waals surface area contributed by atoms with E-state index in [2.05, 4.69) is 0 Å². The van der Waals surface area contributed by atoms with Crippen molar-refractivity contribution in [3.8, 4) is 0 Å². The van der Waals surface area contributed by atoms with Crippen LogP contribution in [0.5, 0.6) is 0 Å². The largest absolute Gasteiger partial charge is 0.481 e. The Bertz CT molecular complexity index is 358. The van der Waals surface area contributed by atoms with Gasteiger partial charge in [0.05, 0.1) is 11.8 Å². The van der Waals surface area contributed by atoms with Gasteiger partial charge < -0.3 is 10.2 Å². The van der Waals surface area contributed by atoms with Crippen molar-refractivity contribution in [2.24, 2.45) is 29.1 Å². The van der Waals surface area contributed by atoms with Gasteiger partial charge in [0.15, 0.2) is 0 Å². The molecule has 3 fully saturated rings. The van der Waals surface area contributed by atoms with Crippen LogP contribution in [0.4, 0.5) is 0 Å². The predicted molar refractivity (Wildman–Crippen MR) is 54.7 cm³/mol. The number of carboxylic acid groups (broad SMARTS) is 2. The third-order valence-corrected chi connectivity index (χ3v) is 5.21. The van der Waals surface area contributed by atoms with Crippen LogP contribution in [0.15, 0.2) is 0 Å². The summed E-state index contributed by atoms with van der Waals surface area (Å²) in [4.78, 5) is 22.5. The molecule has 3 saturated carbocycles. The first-order valence-corrected chi connectivity index (χ1v) is 6.02. The Hall–Kier alpha value is -1.06. The summed E-state index contributed by atoms with van der Waals surface area (Å²) in [6, 6.07) is 0. The van der Waals surface area contributed by atoms with Crippen LogP contribution in [-0.4, -0.2) is 22.2 Å². The maximum atomic E-state index is 11.3. The number of hydrogen-bond donors (Lipinski definition) is 2. The van der Waals surface area contributed by atoms with Crippen LogP contribution in [0.25, 0.3) is 0 Å². The Morgan fingerprint density at radius 3 is 2.25 bits per heavy atom. The first kappa shape index (κ1) is 10.1. The second kappa shape index (κ2) is 2.99. The maximum absolute atomic E-state index is 11.3. The number of carbonyl (C=O) groups is 2. The molecule has 0 radical (unpaired) electrons. The summed E-state index contributed by atoms with van der Waals surface area (Å²) in [5, 5.41) is 18.4. The molecule has 0 aromatic rings. The highest BCUT2D eigenvalue weighted by Gasteiger charge is 2.66. The predicted octanol–water partition coefficient (Wildman–Crippen LogP) is 1.60. The minimum Gasteiger partial charge on any atom is -0.481 e. The van der Waals surface area contributed by atoms with Crippen LogP contribution in [0.3, 0.4) is 0 Å². The van der Waals surface area contributed by atoms with Crippen molar-refractivity contribution < 1.29 is 19.8 Å². The van der Waals surface area contributed by atoms with E-state index in [-0.39, 0.29) is 11.3 Å². The molecule has 2 bridgehead atoms. The molecule has 3 rings (SSSR count). The van der Waals surface area contributed by atoms with Gasteiger partial charge in [0.1, 0.15) is 0 Å². The normalized spacial score (nSPS) is 43.2. The molecule has 0 unspecified atom stereocenters. The molecule has 3 aliphatic rings. The molecule has 0 heterocycles. The SMILES string of the molecule is O=C(O)[C@@H]1[C@H](C(=O)O)C[C@H]2CC[C@@H]1C21CC1. The summed E-state index contributed by atoms with van der Waals surface area (Å²) in [6.07, 6.45) is 4.79. The van der Waals surface area contributed by atoms with Gasteiger partial charge in [-0.25, -0.2) is 0 Å². The highest BCUT2D eigenvalue weighted by atomic mass is 16.4. The molecule has 0 aliphatic heterocycles. The number of carboxylic acids is 2. The van der Waals surface area contributed by atoms with Gasteiger partial charge in [-0.2, -0.15) is 0 Å². The lowest BCUT2D eigenvalue weighted by molar-refractivity contribution is -0.160. The summed E-state index contributed by atoms with van der Waals surface area (Å²) in [5.74, 6) is -2.50. The molecular weight excluding hydrogens is 208 g/mol. The zero-order chi connectivity index (χ0) is 11.5. The molecule has 0 aromatic carbocycles. The summed E-state index contributed by atoms with van der Waals surface area (Å²) >= 11 is 0. The van der Waals surface area contributed by atoms with Crippen LogP contribution in [0.1, 0.15) is 32.1 Å². The van der Waals surface area contributed by atoms with Gasteiger partial charge in [0.25, 0.3) is 0 Å². The molecule has 3 aliphatic carbocycles. The first-order chi connectivity index (χ1) is 7.56. The smallest absolute Gasteiger partial charge is 0.307 e. The third-order valence-electron chi connectivity index (χ3n) is 5.21. The number of hydrogen-bond acceptors (Lipinski definition) is 2. The van der Waals surface area contributed by atoms with Crippen molar-refractivity contribution in [1.29, 1.82) is 0 Å². The molecule has 88 valence electrons. The Labute approximate surface area is 93.6 Å². The van der Waals surface area contributed by atoms with Gasteiger partial charge in [-0.1, -0.05) is 0 Å². The van der Waals surface area contributed by atoms with Gasteiger partial charge in [-0.15, -0.1) is 0 Å². The van der Waals surface area contributed by atoms with Gasteiger partial charge in [-0.05, 0) is 49.4 Å². The van der Waals surface area contributed by atoms with Crippen molar-refractivity contribution in [1.82, 2.24) is 0 Å². The molecule has 0 aromatic heterocycles. The van der Waals surface area contributed by atoms with Crippen molar-refractivity contribution >= 4 is 11.9 Å². The second-order valence-electron chi connectivity index (χ2n) is 5.66. The Kier molecular flexibility index (Phi) is 1.89. The standard InChI is InChI=1S/C12H16O4/c13-10(14)7-5-6-1-2-8(9(7)11(15)16)12(6)3-4-12/h6-9H,1-5H2,(H,13,14)(H,15,16)/t6-,7-,8+,9-/m1/s1. The van der Waals surface area contributed by atoms with Crippen molar-refractivity contribution in [3.05, 3.63) is 0 Å². The summed E-state index contributed by atoms with van der Waals surface area (Å²) in [5.41, 5.74) is 0.231. The summed E-state index contributed by atoms with van der Waals surface area (Å²) in [6.45, 7) is 0. The molecule has 4 heteroatoms. The minimum absolute atomic E-state index is 0.129. The van der Waals surface area contributed by atoms with Crippen molar-refractivity contribution in [2.45, 2.75) is 32.1 Å². The Morgan fingerprint density at radius 2 is 1.75 bits per heavy atom. The molecule has 0 saturated heterocycles. The fourth-order valence-corrected chi connectivity index (χ4v) is 4.40. The van der Waals surface area contributed by atoms with Crippen LogP contribution in [0.2, 0.25) is 0 Å². The van der Waals surface area contributed by atoms with Gasteiger partial charge in [0.2, 0.25) is 0 Å². The second-order valence-corrected chi connectivity index (χ2v) is 5.66. The molecule has 4 nitrogen and oxygen atoms in total. The summed E-state index contributed by atoms with van der Waals surface area (Å²) < 4.78 is 0. The topological polar surface area (TPSA) is 74.6 Å². The zero-order valence-electron chi connectivity index (χ0n) is 9.06. The lowest BCUT2D eigenvalue weighted by Crippen LogP contribution is -2.43. The molecule has 2 N–H and O–H groups in total. The number of rotatable bonds is 2. The van der Waals surface area contributed by atoms with Crippen LogP contribution in [0, 0.1) is 29.1 Å². The maximum Gasteiger partial charge on any atom is 0.307 e. The van der Waals surface area contributed by atoms with E-state index < -0.39 is 23.8 Å². The van der Waals surface area contributed by atoms with Gasteiger partial charge in [-0.3, -0.25) is 9.59 Å². The van der Waals surface area contributed by atoms with E-state index >= 15 is 0 Å². The Morgan fingerprint density at radius 1 is 1.06 bits per heavy atom. The molecule has 1 spiro atoms. The Balaban J connectivity index is 1.96. The first-order valence-electron chi connectivity index (χ1n) is 6.02. The van der Waals surface area contributed by atoms with Crippen LogP contribution < -0.4 is 0 Å². The monoisotopic (exact) mass is 224 g/mol. The number of aliphatic carboxylic acids is 2. The van der Waals surface area contributed by atoms with Crippen LogP contribution >= 0.6 is 0 Å². The highest BCUT2D eigenvalue weighted by molar-refractivity contribution is 5.81. The van der Waals surface area contributed by atoms with E-state index in [1.54, 1.807) is 0 Å². The summed E-state index contributed by atoms with van der Waals surface area (Å²) in [7, 11) is 0. The van der Waals surface area contributed by atoms with E-state index in [1.807, 2.05) is 0 Å². The van der Waals surface area contributed by atoms with E-state index in [0.717, 1.165) is 25.7 Å². The zero-order valence-corrected chi connectivity index (χ0v) is 9.06. The van der Waals surface area contributed by atoms with E-state index in [1.165, 1.54) is 0 Å². The van der Waals surface area contributed by atoms with E-state index in [9.17, 15) is 14.7 Å². The molecule has 4 atom stereocenters. The van der Waals surface area contributed by atoms with Crippen molar-refractivity contribution in [2.75, 3.05) is 0 Å². The average Bonchev–Trinajstić information content (AvgIpc) is 2.90. The molecule has 16 heavy (non-hydrogen) atoms.